The molecule has 1 amide bonds. The maximum atomic E-state index is 12.2. The Hall–Kier alpha value is -1.14. The summed E-state index contributed by atoms with van der Waals surface area (Å²) < 4.78 is 0. The molecule has 1 aliphatic carbocycles. The van der Waals surface area contributed by atoms with Crippen LogP contribution in [0.2, 0.25) is 0 Å². The number of amides is 1. The van der Waals surface area contributed by atoms with E-state index in [1.165, 1.54) is 0 Å². The van der Waals surface area contributed by atoms with Crippen LogP contribution in [-0.2, 0) is 9.59 Å². The molecule has 18 heavy (non-hydrogen) atoms. The normalized spacial score (nSPS) is 29.6. The number of carboxylic acids is 1. The highest BCUT2D eigenvalue weighted by molar-refractivity contribution is 5.87. The van der Waals surface area contributed by atoms with Crippen LogP contribution in [0.1, 0.15) is 32.6 Å². The SMILES string of the molecule is CC1CCC(CN)(C(=O)N[C@@H](CO)C(=O)O)CC1. The molecule has 6 heteroatoms. The molecule has 0 aromatic carbocycles. The van der Waals surface area contributed by atoms with Crippen molar-refractivity contribution in [1.82, 2.24) is 5.32 Å². The van der Waals surface area contributed by atoms with Gasteiger partial charge in [0.2, 0.25) is 5.91 Å². The number of carbonyl (C=O) groups is 2. The van der Waals surface area contributed by atoms with Crippen LogP contribution in [-0.4, -0.2) is 41.3 Å². The maximum Gasteiger partial charge on any atom is 0.328 e. The lowest BCUT2D eigenvalue weighted by Crippen LogP contribution is -2.53. The van der Waals surface area contributed by atoms with Crippen molar-refractivity contribution in [3.8, 4) is 0 Å². The molecule has 0 heterocycles. The van der Waals surface area contributed by atoms with Crippen molar-refractivity contribution in [1.29, 1.82) is 0 Å². The number of hydrogen-bond donors (Lipinski definition) is 4. The number of hydrogen-bond acceptors (Lipinski definition) is 4. The molecule has 0 saturated heterocycles. The summed E-state index contributed by atoms with van der Waals surface area (Å²) in [5, 5.41) is 20.1. The van der Waals surface area contributed by atoms with E-state index >= 15 is 0 Å². The predicted octanol–water partition coefficient (Wildman–Crippen LogP) is -0.297. The number of rotatable bonds is 5. The molecule has 0 unspecified atom stereocenters. The average Bonchev–Trinajstić information content (AvgIpc) is 2.36. The molecule has 104 valence electrons. The Balaban J connectivity index is 2.70. The Morgan fingerprint density at radius 2 is 2.00 bits per heavy atom. The van der Waals surface area contributed by atoms with E-state index in [4.69, 9.17) is 15.9 Å². The van der Waals surface area contributed by atoms with E-state index in [1.807, 2.05) is 0 Å². The standard InChI is InChI=1S/C12H22N2O4/c1-8-2-4-12(7-13,5-3-8)11(18)14-9(6-15)10(16)17/h8-9,15H,2-7,13H2,1H3,(H,14,18)(H,16,17)/t8?,9-,12?/m0/s1. The van der Waals surface area contributed by atoms with Crippen molar-refractivity contribution in [2.45, 2.75) is 38.6 Å². The third kappa shape index (κ3) is 3.20. The number of carbonyl (C=O) groups excluding carboxylic acids is 1. The first-order valence-electron chi connectivity index (χ1n) is 6.30. The molecule has 0 bridgehead atoms. The van der Waals surface area contributed by atoms with Crippen LogP contribution in [0.15, 0.2) is 0 Å². The molecule has 0 spiro atoms. The van der Waals surface area contributed by atoms with E-state index in [0.717, 1.165) is 12.8 Å². The fourth-order valence-corrected chi connectivity index (χ4v) is 2.34. The van der Waals surface area contributed by atoms with Crippen LogP contribution < -0.4 is 11.1 Å². The molecule has 1 rings (SSSR count). The van der Waals surface area contributed by atoms with Crippen LogP contribution in [0.5, 0.6) is 0 Å². The van der Waals surface area contributed by atoms with E-state index in [-0.39, 0.29) is 12.5 Å². The number of aliphatic carboxylic acids is 1. The van der Waals surface area contributed by atoms with Gasteiger partial charge < -0.3 is 21.3 Å². The van der Waals surface area contributed by atoms with Crippen molar-refractivity contribution < 1.29 is 19.8 Å². The summed E-state index contributed by atoms with van der Waals surface area (Å²) in [6, 6.07) is -1.25. The minimum atomic E-state index is -1.25. The Morgan fingerprint density at radius 3 is 2.39 bits per heavy atom. The summed E-state index contributed by atoms with van der Waals surface area (Å²) in [7, 11) is 0. The topological polar surface area (TPSA) is 113 Å². The second kappa shape index (κ2) is 6.15. The van der Waals surface area contributed by atoms with Crippen LogP contribution in [0.4, 0.5) is 0 Å². The Bertz CT molecular complexity index is 311. The predicted molar refractivity (Wildman–Crippen MR) is 65.8 cm³/mol. The number of aliphatic hydroxyl groups excluding tert-OH is 1. The summed E-state index contributed by atoms with van der Waals surface area (Å²) in [5.41, 5.74) is 5.04. The number of aliphatic hydroxyl groups is 1. The van der Waals surface area contributed by atoms with Crippen molar-refractivity contribution >= 4 is 11.9 Å². The third-order valence-electron chi connectivity index (χ3n) is 3.89. The Morgan fingerprint density at radius 1 is 1.44 bits per heavy atom. The van der Waals surface area contributed by atoms with Crippen LogP contribution in [0.3, 0.4) is 0 Å². The molecule has 1 atom stereocenters. The van der Waals surface area contributed by atoms with Gasteiger partial charge >= 0.3 is 5.97 Å². The van der Waals surface area contributed by atoms with Gasteiger partial charge in [-0.15, -0.1) is 0 Å². The van der Waals surface area contributed by atoms with E-state index in [0.29, 0.717) is 18.8 Å². The van der Waals surface area contributed by atoms with Crippen molar-refractivity contribution in [2.24, 2.45) is 17.1 Å². The van der Waals surface area contributed by atoms with Gasteiger partial charge in [0.15, 0.2) is 0 Å². The lowest BCUT2D eigenvalue weighted by molar-refractivity contribution is -0.145. The summed E-state index contributed by atoms with van der Waals surface area (Å²) in [4.78, 5) is 23.0. The van der Waals surface area contributed by atoms with E-state index in [2.05, 4.69) is 12.2 Å². The van der Waals surface area contributed by atoms with Gasteiger partial charge in [0, 0.05) is 6.54 Å². The van der Waals surface area contributed by atoms with Gasteiger partial charge in [0.05, 0.1) is 12.0 Å². The zero-order valence-corrected chi connectivity index (χ0v) is 10.7. The van der Waals surface area contributed by atoms with Crippen LogP contribution in [0, 0.1) is 11.3 Å². The molecule has 0 aliphatic heterocycles. The summed E-state index contributed by atoms with van der Waals surface area (Å²) >= 11 is 0. The molecular weight excluding hydrogens is 236 g/mol. The fraction of sp³-hybridized carbons (Fsp3) is 0.833. The first-order valence-corrected chi connectivity index (χ1v) is 6.30. The zero-order valence-electron chi connectivity index (χ0n) is 10.7. The second-order valence-electron chi connectivity index (χ2n) is 5.21. The minimum absolute atomic E-state index is 0.212. The minimum Gasteiger partial charge on any atom is -0.480 e. The van der Waals surface area contributed by atoms with Crippen LogP contribution >= 0.6 is 0 Å². The Kier molecular flexibility index (Phi) is 5.10. The molecule has 1 saturated carbocycles. The lowest BCUT2D eigenvalue weighted by atomic mass is 9.70. The van der Waals surface area contributed by atoms with Crippen molar-refractivity contribution in [2.75, 3.05) is 13.2 Å². The smallest absolute Gasteiger partial charge is 0.328 e. The first-order chi connectivity index (χ1) is 8.45. The maximum absolute atomic E-state index is 12.2. The highest BCUT2D eigenvalue weighted by atomic mass is 16.4. The largest absolute Gasteiger partial charge is 0.480 e. The second-order valence-corrected chi connectivity index (χ2v) is 5.21. The quantitative estimate of drug-likeness (QED) is 0.541. The molecule has 0 radical (unpaired) electrons. The van der Waals surface area contributed by atoms with E-state index in [9.17, 15) is 9.59 Å². The summed E-state index contributed by atoms with van der Waals surface area (Å²) in [6.45, 7) is 1.73. The molecule has 0 aromatic rings. The van der Waals surface area contributed by atoms with Gasteiger partial charge in [0.1, 0.15) is 6.04 Å². The van der Waals surface area contributed by atoms with Crippen molar-refractivity contribution in [3.05, 3.63) is 0 Å². The highest BCUT2D eigenvalue weighted by Gasteiger charge is 2.41. The van der Waals surface area contributed by atoms with Gasteiger partial charge in [-0.2, -0.15) is 0 Å². The fourth-order valence-electron chi connectivity index (χ4n) is 2.34. The van der Waals surface area contributed by atoms with Crippen molar-refractivity contribution in [3.63, 3.8) is 0 Å². The average molecular weight is 258 g/mol. The van der Waals surface area contributed by atoms with Gasteiger partial charge in [-0.3, -0.25) is 4.79 Å². The molecule has 6 nitrogen and oxygen atoms in total. The van der Waals surface area contributed by atoms with Gasteiger partial charge in [-0.1, -0.05) is 6.92 Å². The molecule has 1 aliphatic rings. The van der Waals surface area contributed by atoms with Gasteiger partial charge in [0.25, 0.3) is 0 Å². The molecular formula is C12H22N2O4. The van der Waals surface area contributed by atoms with Gasteiger partial charge in [-0.05, 0) is 31.6 Å². The monoisotopic (exact) mass is 258 g/mol. The first kappa shape index (κ1) is 14.9. The summed E-state index contributed by atoms with van der Waals surface area (Å²) in [5.74, 6) is -1.01. The molecule has 5 N–H and O–H groups in total. The molecule has 1 fully saturated rings. The van der Waals surface area contributed by atoms with Gasteiger partial charge in [-0.25, -0.2) is 4.79 Å². The number of nitrogens with one attached hydrogen (secondary N) is 1. The molecule has 0 aromatic heterocycles. The number of nitrogens with two attached hydrogens (primary N) is 1. The van der Waals surface area contributed by atoms with E-state index in [1.54, 1.807) is 0 Å². The summed E-state index contributed by atoms with van der Waals surface area (Å²) in [6.07, 6.45) is 3.19. The lowest BCUT2D eigenvalue weighted by Gasteiger charge is -2.37. The number of carboxylic acid groups (broad SMARTS) is 1. The van der Waals surface area contributed by atoms with Crippen LogP contribution in [0.25, 0.3) is 0 Å². The van der Waals surface area contributed by atoms with E-state index < -0.39 is 24.0 Å². The zero-order chi connectivity index (χ0) is 13.8. The Labute approximate surface area is 107 Å². The third-order valence-corrected chi connectivity index (χ3v) is 3.89. The highest BCUT2D eigenvalue weighted by Crippen LogP contribution is 2.38.